The van der Waals surface area contributed by atoms with Crippen LogP contribution in [0.15, 0.2) is 42.7 Å². The van der Waals surface area contributed by atoms with Gasteiger partial charge in [-0.15, -0.1) is 0 Å². The molecule has 0 N–H and O–H groups in total. The molecule has 0 aliphatic carbocycles. The molecule has 5 heteroatoms. The second-order valence-corrected chi connectivity index (χ2v) is 4.95. The summed E-state index contributed by atoms with van der Waals surface area (Å²) in [5.74, 6) is -2.22. The number of benzene rings is 1. The van der Waals surface area contributed by atoms with Crippen molar-refractivity contribution in [2.45, 2.75) is 19.5 Å². The third-order valence-electron chi connectivity index (χ3n) is 3.40. The van der Waals surface area contributed by atoms with Crippen LogP contribution in [0, 0.1) is 11.6 Å². The van der Waals surface area contributed by atoms with Gasteiger partial charge in [-0.1, -0.05) is 6.07 Å². The zero-order valence-electron chi connectivity index (χ0n) is 11.9. The van der Waals surface area contributed by atoms with Crippen molar-refractivity contribution < 1.29 is 13.6 Å². The summed E-state index contributed by atoms with van der Waals surface area (Å²) in [6, 6.07) is 6.50. The second kappa shape index (κ2) is 6.54. The van der Waals surface area contributed by atoms with Gasteiger partial charge in [0.2, 0.25) is 0 Å². The van der Waals surface area contributed by atoms with Crippen molar-refractivity contribution in [2.75, 3.05) is 7.05 Å². The summed E-state index contributed by atoms with van der Waals surface area (Å²) in [6.45, 7) is 2.28. The van der Waals surface area contributed by atoms with Crippen molar-refractivity contribution in [3.8, 4) is 0 Å². The quantitative estimate of drug-likeness (QED) is 0.793. The molecule has 3 nitrogen and oxygen atoms in total. The number of nitrogens with zero attached hydrogens (tertiary/aromatic N) is 2. The van der Waals surface area contributed by atoms with Crippen LogP contribution < -0.4 is 0 Å². The minimum Gasteiger partial charge on any atom is -0.292 e. The van der Waals surface area contributed by atoms with E-state index in [1.165, 1.54) is 6.07 Å². The number of carbonyl (C=O) groups is 1. The van der Waals surface area contributed by atoms with Gasteiger partial charge in [-0.25, -0.2) is 8.78 Å². The molecule has 110 valence electrons. The molecule has 0 radical (unpaired) electrons. The Morgan fingerprint density at radius 1 is 1.29 bits per heavy atom. The summed E-state index contributed by atoms with van der Waals surface area (Å²) in [6.07, 6.45) is 3.41. The van der Waals surface area contributed by atoms with Crippen molar-refractivity contribution in [1.29, 1.82) is 0 Å². The van der Waals surface area contributed by atoms with Crippen LogP contribution in [0.5, 0.6) is 0 Å². The van der Waals surface area contributed by atoms with Gasteiger partial charge in [0.05, 0.1) is 6.04 Å². The molecule has 1 unspecified atom stereocenters. The van der Waals surface area contributed by atoms with E-state index in [2.05, 4.69) is 4.98 Å². The molecule has 2 rings (SSSR count). The first-order valence-corrected chi connectivity index (χ1v) is 6.57. The fourth-order valence-corrected chi connectivity index (χ4v) is 2.01. The highest BCUT2D eigenvalue weighted by Crippen LogP contribution is 2.14. The summed E-state index contributed by atoms with van der Waals surface area (Å²) in [5, 5.41) is 0. The molecule has 1 aromatic carbocycles. The topological polar surface area (TPSA) is 33.2 Å². The third-order valence-corrected chi connectivity index (χ3v) is 3.40. The average Bonchev–Trinajstić information content (AvgIpc) is 2.49. The van der Waals surface area contributed by atoms with Gasteiger partial charge in [0.25, 0.3) is 0 Å². The Labute approximate surface area is 122 Å². The van der Waals surface area contributed by atoms with E-state index in [1.54, 1.807) is 26.4 Å². The lowest BCUT2D eigenvalue weighted by atomic mass is 10.0. The first-order valence-electron chi connectivity index (χ1n) is 6.57. The first-order chi connectivity index (χ1) is 9.99. The van der Waals surface area contributed by atoms with E-state index < -0.39 is 17.7 Å². The molecular weight excluding hydrogens is 274 g/mol. The summed E-state index contributed by atoms with van der Waals surface area (Å²) in [4.78, 5) is 18.1. The van der Waals surface area contributed by atoms with E-state index >= 15 is 0 Å². The molecule has 0 spiro atoms. The Morgan fingerprint density at radius 3 is 2.67 bits per heavy atom. The lowest BCUT2D eigenvalue weighted by molar-refractivity contribution is 0.0861. The highest BCUT2D eigenvalue weighted by Gasteiger charge is 2.20. The Kier molecular flexibility index (Phi) is 4.75. The summed E-state index contributed by atoms with van der Waals surface area (Å²) < 4.78 is 26.1. The van der Waals surface area contributed by atoms with E-state index in [1.807, 2.05) is 17.0 Å². The number of carbonyl (C=O) groups excluding carboxylic acids is 1. The lowest BCUT2D eigenvalue weighted by Crippen LogP contribution is -2.35. The number of rotatable bonds is 5. The predicted molar refractivity (Wildman–Crippen MR) is 75.9 cm³/mol. The van der Waals surface area contributed by atoms with Crippen LogP contribution in [-0.4, -0.2) is 28.8 Å². The Hall–Kier alpha value is -2.14. The van der Waals surface area contributed by atoms with Crippen LogP contribution >= 0.6 is 0 Å². The fourth-order valence-electron chi connectivity index (χ4n) is 2.01. The maximum atomic E-state index is 13.2. The van der Waals surface area contributed by atoms with Crippen LogP contribution in [0.4, 0.5) is 8.78 Å². The van der Waals surface area contributed by atoms with Crippen LogP contribution in [0.3, 0.4) is 0 Å². The van der Waals surface area contributed by atoms with E-state index in [9.17, 15) is 13.6 Å². The van der Waals surface area contributed by atoms with E-state index in [-0.39, 0.29) is 11.3 Å². The molecule has 21 heavy (non-hydrogen) atoms. The minimum atomic E-state index is -1.01. The van der Waals surface area contributed by atoms with Gasteiger partial charge in [0, 0.05) is 24.5 Å². The van der Waals surface area contributed by atoms with Gasteiger partial charge in [0.15, 0.2) is 17.4 Å². The Balaban J connectivity index is 2.09. The molecule has 0 bridgehead atoms. The first kappa shape index (κ1) is 15.3. The monoisotopic (exact) mass is 290 g/mol. The van der Waals surface area contributed by atoms with Gasteiger partial charge in [-0.2, -0.15) is 0 Å². The predicted octanol–water partition coefficient (Wildman–Crippen LogP) is 3.06. The maximum Gasteiger partial charge on any atom is 0.179 e. The molecule has 2 aromatic rings. The maximum absolute atomic E-state index is 13.2. The average molecular weight is 290 g/mol. The van der Waals surface area contributed by atoms with Crippen molar-refractivity contribution in [2.24, 2.45) is 0 Å². The number of likely N-dealkylation sites (N-methyl/N-ethyl adjacent to an activating group) is 1. The summed E-state index contributed by atoms with van der Waals surface area (Å²) in [5.41, 5.74) is 1.14. The SMILES string of the molecule is CC(C(=O)c1ccc(F)c(F)c1)N(C)Cc1cccnc1. The molecule has 0 aliphatic rings. The van der Waals surface area contributed by atoms with Gasteiger partial charge < -0.3 is 0 Å². The van der Waals surface area contributed by atoms with Crippen LogP contribution in [0.1, 0.15) is 22.8 Å². The molecular formula is C16H16F2N2O. The number of ketones is 1. The largest absolute Gasteiger partial charge is 0.292 e. The molecule has 0 saturated heterocycles. The van der Waals surface area contributed by atoms with Crippen LogP contribution in [0.25, 0.3) is 0 Å². The number of hydrogen-bond acceptors (Lipinski definition) is 3. The van der Waals surface area contributed by atoms with Gasteiger partial charge in [-0.3, -0.25) is 14.7 Å². The van der Waals surface area contributed by atoms with E-state index in [4.69, 9.17) is 0 Å². The highest BCUT2D eigenvalue weighted by atomic mass is 19.2. The molecule has 0 saturated carbocycles. The zero-order chi connectivity index (χ0) is 15.4. The van der Waals surface area contributed by atoms with Crippen molar-refractivity contribution in [3.63, 3.8) is 0 Å². The lowest BCUT2D eigenvalue weighted by Gasteiger charge is -2.23. The van der Waals surface area contributed by atoms with Gasteiger partial charge >= 0.3 is 0 Å². The molecule has 0 fully saturated rings. The zero-order valence-corrected chi connectivity index (χ0v) is 11.9. The number of pyridine rings is 1. The normalized spacial score (nSPS) is 12.4. The molecule has 1 aromatic heterocycles. The fraction of sp³-hybridized carbons (Fsp3) is 0.250. The highest BCUT2D eigenvalue weighted by molar-refractivity contribution is 5.99. The third kappa shape index (κ3) is 3.70. The van der Waals surface area contributed by atoms with Crippen molar-refractivity contribution in [3.05, 3.63) is 65.5 Å². The van der Waals surface area contributed by atoms with E-state index in [0.717, 1.165) is 17.7 Å². The van der Waals surface area contributed by atoms with Crippen molar-refractivity contribution in [1.82, 2.24) is 9.88 Å². The Morgan fingerprint density at radius 2 is 2.05 bits per heavy atom. The Bertz CT molecular complexity index is 631. The molecule has 0 aliphatic heterocycles. The van der Waals surface area contributed by atoms with E-state index in [0.29, 0.717) is 6.54 Å². The van der Waals surface area contributed by atoms with Crippen LogP contribution in [-0.2, 0) is 6.54 Å². The van der Waals surface area contributed by atoms with Gasteiger partial charge in [-0.05, 0) is 43.8 Å². The van der Waals surface area contributed by atoms with Gasteiger partial charge in [0.1, 0.15) is 0 Å². The second-order valence-electron chi connectivity index (χ2n) is 4.95. The summed E-state index contributed by atoms with van der Waals surface area (Å²) >= 11 is 0. The molecule has 0 amide bonds. The minimum absolute atomic E-state index is 0.166. The molecule has 1 heterocycles. The number of hydrogen-bond donors (Lipinski definition) is 0. The van der Waals surface area contributed by atoms with Crippen molar-refractivity contribution >= 4 is 5.78 Å². The summed E-state index contributed by atoms with van der Waals surface area (Å²) in [7, 11) is 1.80. The number of halogens is 2. The van der Waals surface area contributed by atoms with Crippen LogP contribution in [0.2, 0.25) is 0 Å². The number of Topliss-reactive ketones (excluding diaryl/α,β-unsaturated/α-hetero) is 1. The standard InChI is InChI=1S/C16H16F2N2O/c1-11(20(2)10-12-4-3-7-19-9-12)16(21)13-5-6-14(17)15(18)8-13/h3-9,11H,10H2,1-2H3. The molecule has 1 atom stereocenters. The smallest absolute Gasteiger partial charge is 0.179 e. The number of aromatic nitrogens is 1.